The zero-order valence-electron chi connectivity index (χ0n) is 17.0. The zero-order chi connectivity index (χ0) is 21.0. The summed E-state index contributed by atoms with van der Waals surface area (Å²) < 4.78 is 0. The Labute approximate surface area is 176 Å². The van der Waals surface area contributed by atoms with Gasteiger partial charge < -0.3 is 10.2 Å². The smallest absolute Gasteiger partial charge is 0.325 e. The minimum Gasteiger partial charge on any atom is -0.336 e. The molecule has 2 aromatic rings. The Morgan fingerprint density at radius 3 is 2.17 bits per heavy atom. The maximum absolute atomic E-state index is 13.2. The molecule has 0 radical (unpaired) electrons. The van der Waals surface area contributed by atoms with Crippen LogP contribution in [0.4, 0.5) is 4.79 Å². The predicted molar refractivity (Wildman–Crippen MR) is 113 cm³/mol. The van der Waals surface area contributed by atoms with E-state index in [4.69, 9.17) is 0 Å². The van der Waals surface area contributed by atoms with E-state index in [1.807, 2.05) is 60.7 Å². The number of carbonyl (C=O) groups is 3. The lowest BCUT2D eigenvalue weighted by molar-refractivity contribution is -0.139. The molecule has 1 aliphatic heterocycles. The molecule has 4 rings (SSSR count). The van der Waals surface area contributed by atoms with Gasteiger partial charge in [0.25, 0.3) is 5.91 Å². The molecular weight excluding hydrogens is 378 g/mol. The van der Waals surface area contributed by atoms with E-state index in [0.717, 1.165) is 28.9 Å². The Morgan fingerprint density at radius 1 is 0.933 bits per heavy atom. The average Bonchev–Trinajstić information content (AvgIpc) is 3.33. The third kappa shape index (κ3) is 4.22. The maximum atomic E-state index is 13.2. The number of hydrogen-bond donors (Lipinski definition) is 1. The summed E-state index contributed by atoms with van der Waals surface area (Å²) in [6.45, 7) is 0.752. The van der Waals surface area contributed by atoms with Crippen molar-refractivity contribution in [3.05, 3.63) is 71.8 Å². The van der Waals surface area contributed by atoms with Crippen molar-refractivity contribution in [1.29, 1.82) is 0 Å². The lowest BCUT2D eigenvalue weighted by Gasteiger charge is -2.25. The Kier molecular flexibility index (Phi) is 5.84. The number of amides is 4. The molecule has 2 aliphatic rings. The lowest BCUT2D eigenvalue weighted by atomic mass is 9.98. The van der Waals surface area contributed by atoms with E-state index in [0.29, 0.717) is 32.4 Å². The molecule has 30 heavy (non-hydrogen) atoms. The van der Waals surface area contributed by atoms with E-state index in [1.165, 1.54) is 0 Å². The van der Waals surface area contributed by atoms with E-state index >= 15 is 0 Å². The molecule has 2 aromatic carbocycles. The Hall–Kier alpha value is -3.15. The van der Waals surface area contributed by atoms with Crippen LogP contribution in [-0.2, 0) is 22.6 Å². The number of hydrogen-bond acceptors (Lipinski definition) is 3. The van der Waals surface area contributed by atoms with Gasteiger partial charge in [-0.3, -0.25) is 14.5 Å². The van der Waals surface area contributed by atoms with Gasteiger partial charge in [0, 0.05) is 13.1 Å². The van der Waals surface area contributed by atoms with Gasteiger partial charge in [-0.25, -0.2) is 4.79 Å². The summed E-state index contributed by atoms with van der Waals surface area (Å²) >= 11 is 0. The summed E-state index contributed by atoms with van der Waals surface area (Å²) in [5.41, 5.74) is 1.37. The quantitative estimate of drug-likeness (QED) is 0.720. The average molecular weight is 405 g/mol. The van der Waals surface area contributed by atoms with Gasteiger partial charge in [0.1, 0.15) is 12.1 Å². The second kappa shape index (κ2) is 8.69. The lowest BCUT2D eigenvalue weighted by Crippen LogP contribution is -2.46. The largest absolute Gasteiger partial charge is 0.336 e. The molecule has 156 valence electrons. The molecule has 6 nitrogen and oxygen atoms in total. The minimum atomic E-state index is -0.786. The van der Waals surface area contributed by atoms with Crippen LogP contribution < -0.4 is 5.32 Å². The van der Waals surface area contributed by atoms with E-state index in [9.17, 15) is 14.4 Å². The second-order valence-corrected chi connectivity index (χ2v) is 8.15. The van der Waals surface area contributed by atoms with Gasteiger partial charge in [0.2, 0.25) is 5.91 Å². The van der Waals surface area contributed by atoms with Gasteiger partial charge in [-0.05, 0) is 30.4 Å². The number of nitrogens with one attached hydrogen (secondary N) is 1. The summed E-state index contributed by atoms with van der Waals surface area (Å²) in [7, 11) is 0. The third-order valence-electron chi connectivity index (χ3n) is 6.08. The van der Waals surface area contributed by atoms with Crippen molar-refractivity contribution in [2.45, 2.75) is 44.2 Å². The fourth-order valence-corrected chi connectivity index (χ4v) is 4.38. The molecule has 0 unspecified atom stereocenters. The molecule has 2 fully saturated rings. The molecule has 1 aliphatic carbocycles. The summed E-state index contributed by atoms with van der Waals surface area (Å²) in [5.74, 6) is -0.464. The Morgan fingerprint density at radius 2 is 1.53 bits per heavy atom. The van der Waals surface area contributed by atoms with Gasteiger partial charge >= 0.3 is 6.03 Å². The maximum Gasteiger partial charge on any atom is 0.325 e. The highest BCUT2D eigenvalue weighted by Crippen LogP contribution is 2.35. The van der Waals surface area contributed by atoms with Crippen molar-refractivity contribution in [3.63, 3.8) is 0 Å². The predicted octanol–water partition coefficient (Wildman–Crippen LogP) is 3.12. The van der Waals surface area contributed by atoms with Crippen LogP contribution in [-0.4, -0.2) is 46.3 Å². The number of nitrogens with zero attached hydrogens (tertiary/aromatic N) is 2. The highest BCUT2D eigenvalue weighted by atomic mass is 16.2. The van der Waals surface area contributed by atoms with Crippen LogP contribution in [0.5, 0.6) is 0 Å². The molecule has 0 aromatic heterocycles. The first-order valence-electron chi connectivity index (χ1n) is 10.6. The van der Waals surface area contributed by atoms with E-state index in [-0.39, 0.29) is 18.4 Å². The van der Waals surface area contributed by atoms with Crippen LogP contribution in [0.2, 0.25) is 0 Å². The van der Waals surface area contributed by atoms with E-state index in [1.54, 1.807) is 4.90 Å². The second-order valence-electron chi connectivity index (χ2n) is 8.15. The number of benzene rings is 2. The summed E-state index contributed by atoms with van der Waals surface area (Å²) in [5, 5.41) is 2.85. The molecule has 1 heterocycles. The topological polar surface area (TPSA) is 69.7 Å². The molecule has 1 N–H and O–H groups in total. The molecule has 1 saturated heterocycles. The summed E-state index contributed by atoms with van der Waals surface area (Å²) in [4.78, 5) is 41.4. The van der Waals surface area contributed by atoms with Crippen molar-refractivity contribution >= 4 is 17.8 Å². The van der Waals surface area contributed by atoms with Gasteiger partial charge in [0.15, 0.2) is 0 Å². The van der Waals surface area contributed by atoms with Crippen molar-refractivity contribution in [3.8, 4) is 0 Å². The highest BCUT2D eigenvalue weighted by Gasteiger charge is 2.52. The number of imide groups is 1. The fourth-order valence-electron chi connectivity index (χ4n) is 4.38. The van der Waals surface area contributed by atoms with Crippen LogP contribution in [0.25, 0.3) is 0 Å². The summed E-state index contributed by atoms with van der Waals surface area (Å²) in [6, 6.07) is 19.3. The third-order valence-corrected chi connectivity index (χ3v) is 6.08. The number of urea groups is 1. The zero-order valence-corrected chi connectivity index (χ0v) is 17.0. The number of rotatable bonds is 7. The van der Waals surface area contributed by atoms with Crippen LogP contribution in [0, 0.1) is 0 Å². The molecule has 0 bridgehead atoms. The van der Waals surface area contributed by atoms with Gasteiger partial charge in [-0.15, -0.1) is 0 Å². The molecule has 1 saturated carbocycles. The molecular formula is C24H27N3O3. The van der Waals surface area contributed by atoms with Crippen LogP contribution in [0.1, 0.15) is 36.8 Å². The van der Waals surface area contributed by atoms with Crippen molar-refractivity contribution < 1.29 is 14.4 Å². The molecule has 4 amide bonds. The highest BCUT2D eigenvalue weighted by molar-refractivity contribution is 6.09. The number of carbonyl (C=O) groups excluding carboxylic acids is 3. The molecule has 6 heteroatoms. The van der Waals surface area contributed by atoms with Crippen molar-refractivity contribution in [1.82, 2.24) is 15.1 Å². The molecule has 0 atom stereocenters. The van der Waals surface area contributed by atoms with Gasteiger partial charge in [0.05, 0.1) is 0 Å². The van der Waals surface area contributed by atoms with Gasteiger partial charge in [-0.1, -0.05) is 73.5 Å². The SMILES string of the molecule is O=C(CN1C(=O)NC2(CCCC2)C1=O)N(CCc1ccccc1)Cc1ccccc1. The van der Waals surface area contributed by atoms with E-state index in [2.05, 4.69) is 5.32 Å². The monoisotopic (exact) mass is 405 g/mol. The minimum absolute atomic E-state index is 0.214. The first kappa shape index (κ1) is 20.1. The fraction of sp³-hybridized carbons (Fsp3) is 0.375. The first-order valence-corrected chi connectivity index (χ1v) is 10.6. The van der Waals surface area contributed by atoms with Crippen LogP contribution in [0.15, 0.2) is 60.7 Å². The van der Waals surface area contributed by atoms with Crippen LogP contribution in [0.3, 0.4) is 0 Å². The van der Waals surface area contributed by atoms with Crippen LogP contribution >= 0.6 is 0 Å². The normalized spacial score (nSPS) is 17.4. The van der Waals surface area contributed by atoms with Crippen molar-refractivity contribution in [2.24, 2.45) is 0 Å². The Balaban J connectivity index is 1.47. The Bertz CT molecular complexity index is 908. The standard InChI is InChI=1S/C24H27N3O3/c28-21(18-27-22(29)24(25-23(27)30)14-7-8-15-24)26(17-20-11-5-2-6-12-20)16-13-19-9-3-1-4-10-19/h1-6,9-12H,7-8,13-18H2,(H,25,30). The first-order chi connectivity index (χ1) is 14.6. The van der Waals surface area contributed by atoms with E-state index < -0.39 is 11.6 Å². The van der Waals surface area contributed by atoms with Gasteiger partial charge in [-0.2, -0.15) is 0 Å². The van der Waals surface area contributed by atoms with Crippen molar-refractivity contribution in [2.75, 3.05) is 13.1 Å². The summed E-state index contributed by atoms with van der Waals surface area (Å²) in [6.07, 6.45) is 3.87. The molecule has 1 spiro atoms.